The first-order chi connectivity index (χ1) is 9.47. The Labute approximate surface area is 118 Å². The van der Waals surface area contributed by atoms with Gasteiger partial charge in [0.25, 0.3) is 5.91 Å². The van der Waals surface area contributed by atoms with Crippen molar-refractivity contribution in [2.24, 2.45) is 0 Å². The quantitative estimate of drug-likeness (QED) is 0.643. The maximum Gasteiger partial charge on any atom is 0.356 e. The lowest BCUT2D eigenvalue weighted by Gasteiger charge is -2.12. The number of hydrogen-bond donors (Lipinski definition) is 1. The number of carbonyl (C=O) groups excluding carboxylic acids is 2. The maximum absolute atomic E-state index is 12.0. The van der Waals surface area contributed by atoms with Crippen LogP contribution in [0.15, 0.2) is 36.2 Å². The number of esters is 1. The molecule has 20 heavy (non-hydrogen) atoms. The molecule has 0 aromatic heterocycles. The molecule has 1 aromatic rings. The Morgan fingerprint density at radius 2 is 1.75 bits per heavy atom. The van der Waals surface area contributed by atoms with Crippen molar-refractivity contribution in [3.63, 3.8) is 0 Å². The molecular formula is C14H18N2O4. The Balaban J connectivity index is 2.87. The van der Waals surface area contributed by atoms with E-state index in [0.29, 0.717) is 11.3 Å². The van der Waals surface area contributed by atoms with E-state index in [1.165, 1.54) is 13.3 Å². The molecule has 1 rings (SSSR count). The van der Waals surface area contributed by atoms with Gasteiger partial charge in [0.05, 0.1) is 14.2 Å². The second-order valence-electron chi connectivity index (χ2n) is 4.18. The van der Waals surface area contributed by atoms with Crippen LogP contribution in [0.5, 0.6) is 5.75 Å². The third kappa shape index (κ3) is 4.31. The molecule has 0 saturated carbocycles. The summed E-state index contributed by atoms with van der Waals surface area (Å²) < 4.78 is 9.63. The molecule has 1 aromatic carbocycles. The lowest BCUT2D eigenvalue weighted by molar-refractivity contribution is -0.136. The minimum atomic E-state index is -0.611. The van der Waals surface area contributed by atoms with E-state index in [2.05, 4.69) is 10.1 Å². The zero-order valence-corrected chi connectivity index (χ0v) is 12.0. The van der Waals surface area contributed by atoms with Crippen molar-refractivity contribution in [1.82, 2.24) is 10.2 Å². The molecule has 0 spiro atoms. The lowest BCUT2D eigenvalue weighted by Crippen LogP contribution is -2.29. The van der Waals surface area contributed by atoms with Crippen LogP contribution in [0.2, 0.25) is 0 Å². The van der Waals surface area contributed by atoms with E-state index in [1.54, 1.807) is 50.4 Å². The first-order valence-electron chi connectivity index (χ1n) is 5.90. The SMILES string of the molecule is COC(=O)/C(=C/N(C)C)NC(=O)c1ccc(OC)cc1. The molecular weight excluding hydrogens is 260 g/mol. The van der Waals surface area contributed by atoms with Crippen molar-refractivity contribution in [3.05, 3.63) is 41.7 Å². The van der Waals surface area contributed by atoms with Crippen LogP contribution in [-0.4, -0.2) is 45.1 Å². The van der Waals surface area contributed by atoms with Crippen LogP contribution >= 0.6 is 0 Å². The van der Waals surface area contributed by atoms with E-state index in [-0.39, 0.29) is 5.70 Å². The zero-order valence-electron chi connectivity index (χ0n) is 12.0. The summed E-state index contributed by atoms with van der Waals surface area (Å²) in [6.45, 7) is 0. The van der Waals surface area contributed by atoms with E-state index in [9.17, 15) is 9.59 Å². The normalized spacial score (nSPS) is 10.7. The molecule has 0 fully saturated rings. The molecule has 108 valence electrons. The maximum atomic E-state index is 12.0. The number of methoxy groups -OCH3 is 2. The van der Waals surface area contributed by atoms with Crippen molar-refractivity contribution in [2.45, 2.75) is 0 Å². The van der Waals surface area contributed by atoms with E-state index in [4.69, 9.17) is 4.74 Å². The fraction of sp³-hybridized carbons (Fsp3) is 0.286. The molecule has 0 aliphatic heterocycles. The molecule has 0 radical (unpaired) electrons. The van der Waals surface area contributed by atoms with Crippen molar-refractivity contribution in [2.75, 3.05) is 28.3 Å². The van der Waals surface area contributed by atoms with Crippen molar-refractivity contribution in [3.8, 4) is 5.75 Å². The molecule has 0 heterocycles. The van der Waals surface area contributed by atoms with Gasteiger partial charge in [-0.15, -0.1) is 0 Å². The van der Waals surface area contributed by atoms with Crippen molar-refractivity contribution < 1.29 is 19.1 Å². The van der Waals surface area contributed by atoms with E-state index in [1.807, 2.05) is 0 Å². The molecule has 0 atom stereocenters. The van der Waals surface area contributed by atoms with Crippen molar-refractivity contribution in [1.29, 1.82) is 0 Å². The number of benzene rings is 1. The third-order valence-corrected chi connectivity index (χ3v) is 2.39. The van der Waals surface area contributed by atoms with Crippen LogP contribution in [0.4, 0.5) is 0 Å². The van der Waals surface area contributed by atoms with Gasteiger partial charge >= 0.3 is 5.97 Å². The van der Waals surface area contributed by atoms with Crippen LogP contribution < -0.4 is 10.1 Å². The highest BCUT2D eigenvalue weighted by molar-refractivity contribution is 6.01. The third-order valence-electron chi connectivity index (χ3n) is 2.39. The molecule has 0 bridgehead atoms. The first kappa shape index (κ1) is 15.6. The summed E-state index contributed by atoms with van der Waals surface area (Å²) in [7, 11) is 6.28. The highest BCUT2D eigenvalue weighted by Crippen LogP contribution is 2.11. The Morgan fingerprint density at radius 3 is 2.20 bits per heavy atom. The molecule has 1 amide bonds. The van der Waals surface area contributed by atoms with Crippen molar-refractivity contribution >= 4 is 11.9 Å². The summed E-state index contributed by atoms with van der Waals surface area (Å²) >= 11 is 0. The number of rotatable bonds is 5. The van der Waals surface area contributed by atoms with Gasteiger partial charge in [-0.25, -0.2) is 4.79 Å². The average Bonchev–Trinajstić information content (AvgIpc) is 2.45. The first-order valence-corrected chi connectivity index (χ1v) is 5.90. The summed E-state index contributed by atoms with van der Waals surface area (Å²) in [6, 6.07) is 6.56. The Bertz CT molecular complexity index is 506. The number of hydrogen-bond acceptors (Lipinski definition) is 5. The number of carbonyl (C=O) groups is 2. The zero-order chi connectivity index (χ0) is 15.1. The van der Waals surface area contributed by atoms with Gasteiger partial charge in [0.2, 0.25) is 0 Å². The Hall–Kier alpha value is -2.50. The standard InChI is InChI=1S/C14H18N2O4/c1-16(2)9-12(14(18)20-4)15-13(17)10-5-7-11(19-3)8-6-10/h5-9H,1-4H3,(H,15,17)/b12-9-. The summed E-state index contributed by atoms with van der Waals surface area (Å²) in [5.74, 6) is -0.356. The Kier molecular flexibility index (Phi) is 5.58. The number of nitrogens with zero attached hydrogens (tertiary/aromatic N) is 1. The highest BCUT2D eigenvalue weighted by atomic mass is 16.5. The number of amides is 1. The van der Waals surface area contributed by atoms with Gasteiger partial charge in [-0.05, 0) is 24.3 Å². The monoisotopic (exact) mass is 278 g/mol. The van der Waals surface area contributed by atoms with E-state index < -0.39 is 11.9 Å². The molecule has 6 heteroatoms. The molecule has 1 N–H and O–H groups in total. The highest BCUT2D eigenvalue weighted by Gasteiger charge is 2.15. The molecule has 0 saturated heterocycles. The second kappa shape index (κ2) is 7.18. The number of nitrogens with one attached hydrogen (secondary N) is 1. The predicted molar refractivity (Wildman–Crippen MR) is 74.2 cm³/mol. The van der Waals surface area contributed by atoms with Gasteiger partial charge in [0.1, 0.15) is 11.4 Å². The minimum absolute atomic E-state index is 0.0679. The van der Waals surface area contributed by atoms with E-state index in [0.717, 1.165) is 0 Å². The lowest BCUT2D eigenvalue weighted by atomic mass is 10.2. The molecule has 6 nitrogen and oxygen atoms in total. The average molecular weight is 278 g/mol. The summed E-state index contributed by atoms with van der Waals surface area (Å²) in [5.41, 5.74) is 0.484. The van der Waals surface area contributed by atoms with Crippen LogP contribution in [0.1, 0.15) is 10.4 Å². The largest absolute Gasteiger partial charge is 0.497 e. The smallest absolute Gasteiger partial charge is 0.356 e. The van der Waals surface area contributed by atoms with E-state index >= 15 is 0 Å². The van der Waals surface area contributed by atoms with Crippen LogP contribution in [-0.2, 0) is 9.53 Å². The fourth-order valence-electron chi connectivity index (χ4n) is 1.44. The van der Waals surface area contributed by atoms with Crippen LogP contribution in [0, 0.1) is 0 Å². The summed E-state index contributed by atoms with van der Waals surface area (Å²) in [6.07, 6.45) is 1.48. The predicted octanol–water partition coefficient (Wildman–Crippen LogP) is 1.00. The van der Waals surface area contributed by atoms with Gasteiger partial charge in [0, 0.05) is 25.9 Å². The van der Waals surface area contributed by atoms with Crippen LogP contribution in [0.25, 0.3) is 0 Å². The van der Waals surface area contributed by atoms with Crippen LogP contribution in [0.3, 0.4) is 0 Å². The summed E-state index contributed by atoms with van der Waals surface area (Å²) in [4.78, 5) is 25.2. The summed E-state index contributed by atoms with van der Waals surface area (Å²) in [5, 5.41) is 2.52. The minimum Gasteiger partial charge on any atom is -0.497 e. The van der Waals surface area contributed by atoms with Gasteiger partial charge < -0.3 is 19.7 Å². The molecule has 0 aliphatic carbocycles. The topological polar surface area (TPSA) is 67.9 Å². The number of ether oxygens (including phenoxy) is 2. The van der Waals surface area contributed by atoms with Gasteiger partial charge in [-0.2, -0.15) is 0 Å². The second-order valence-corrected chi connectivity index (χ2v) is 4.18. The molecule has 0 unspecified atom stereocenters. The van der Waals surface area contributed by atoms with Gasteiger partial charge in [-0.3, -0.25) is 4.79 Å². The van der Waals surface area contributed by atoms with Gasteiger partial charge in [0.15, 0.2) is 0 Å². The van der Waals surface area contributed by atoms with Gasteiger partial charge in [-0.1, -0.05) is 0 Å². The Morgan fingerprint density at radius 1 is 1.15 bits per heavy atom. The fourth-order valence-corrected chi connectivity index (χ4v) is 1.44. The molecule has 0 aliphatic rings.